The quantitative estimate of drug-likeness (QED) is 0.240. The van der Waals surface area contributed by atoms with Crippen LogP contribution in [0.1, 0.15) is 25.5 Å². The summed E-state index contributed by atoms with van der Waals surface area (Å²) < 4.78 is 4.96. The Bertz CT molecular complexity index is 1580. The van der Waals surface area contributed by atoms with Crippen molar-refractivity contribution < 1.29 is 14.3 Å². The number of rotatable bonds is 6. The van der Waals surface area contributed by atoms with Crippen LogP contribution in [0.3, 0.4) is 0 Å². The molecule has 38 heavy (non-hydrogen) atoms. The third kappa shape index (κ3) is 4.42. The molecule has 196 valence electrons. The first-order valence-corrected chi connectivity index (χ1v) is 13.5. The van der Waals surface area contributed by atoms with Crippen LogP contribution >= 0.6 is 23.4 Å². The Morgan fingerprint density at radius 3 is 3.03 bits per heavy atom. The van der Waals surface area contributed by atoms with Crippen molar-refractivity contribution in [2.45, 2.75) is 47.8 Å². The van der Waals surface area contributed by atoms with Crippen molar-refractivity contribution in [3.05, 3.63) is 41.3 Å². The molecule has 1 amide bonds. The summed E-state index contributed by atoms with van der Waals surface area (Å²) in [5, 5.41) is 4.50. The van der Waals surface area contributed by atoms with Crippen LogP contribution in [-0.2, 0) is 20.7 Å². The summed E-state index contributed by atoms with van der Waals surface area (Å²) in [5.41, 5.74) is 8.42. The van der Waals surface area contributed by atoms with E-state index < -0.39 is 17.6 Å². The van der Waals surface area contributed by atoms with Gasteiger partial charge in [-0.2, -0.15) is 0 Å². The van der Waals surface area contributed by atoms with Crippen LogP contribution in [0.2, 0.25) is 5.02 Å². The first-order valence-electron chi connectivity index (χ1n) is 12.3. The second-order valence-corrected chi connectivity index (χ2v) is 10.9. The van der Waals surface area contributed by atoms with Gasteiger partial charge in [0.05, 0.1) is 28.0 Å². The number of cyclic esters (lactones) is 1. The topological polar surface area (TPSA) is 152 Å². The number of carbonyl (C=O) groups excluding carboxylic acids is 2. The van der Waals surface area contributed by atoms with Gasteiger partial charge >= 0.3 is 5.97 Å². The minimum Gasteiger partial charge on any atom is -0.464 e. The fraction of sp³-hybridized carbons (Fsp3) is 0.360. The molecule has 6 rings (SSSR count). The van der Waals surface area contributed by atoms with Crippen molar-refractivity contribution in [2.75, 3.05) is 24.6 Å². The van der Waals surface area contributed by atoms with Gasteiger partial charge in [-0.3, -0.25) is 14.8 Å². The Labute approximate surface area is 226 Å². The summed E-state index contributed by atoms with van der Waals surface area (Å²) in [5.74, 6) is -0.209. The lowest BCUT2D eigenvalue weighted by Crippen LogP contribution is -2.58. The standard InChI is InChI=1S/C25H25ClN8O3S/c1-2-14-19(26)18-20(30-14)32-24(38-13-10-17-15(29-11-13)4-3-7-28-17)33-21(18)34-8-6-25(27,12-34)23(36)31-16-5-9-37-22(16)35/h3-4,7,10-11,16H,2,5-6,8-9,12,27H2,1H3,(H,31,36)(H,30,32,33)/t16-,25?/m0/s1. The van der Waals surface area contributed by atoms with Gasteiger partial charge in [-0.1, -0.05) is 18.5 Å². The third-order valence-electron chi connectivity index (χ3n) is 6.91. The molecule has 2 fully saturated rings. The van der Waals surface area contributed by atoms with Crippen LogP contribution < -0.4 is 16.0 Å². The number of aromatic amines is 1. The molecule has 4 aromatic heterocycles. The Kier molecular flexibility index (Phi) is 6.33. The molecule has 2 saturated heterocycles. The van der Waals surface area contributed by atoms with Gasteiger partial charge in [0, 0.05) is 42.5 Å². The number of H-pyrrole nitrogens is 1. The van der Waals surface area contributed by atoms with Crippen molar-refractivity contribution in [1.29, 1.82) is 0 Å². The molecule has 0 radical (unpaired) electrons. The van der Waals surface area contributed by atoms with Gasteiger partial charge in [-0.05, 0) is 42.8 Å². The van der Waals surface area contributed by atoms with Gasteiger partial charge in [0.2, 0.25) is 5.91 Å². The number of hydrogen-bond acceptors (Lipinski definition) is 10. The second kappa shape index (κ2) is 9.68. The zero-order valence-corrected chi connectivity index (χ0v) is 22.1. The van der Waals surface area contributed by atoms with E-state index in [2.05, 4.69) is 20.3 Å². The van der Waals surface area contributed by atoms with Gasteiger partial charge in [-0.25, -0.2) is 14.8 Å². The number of nitrogens with two attached hydrogens (primary N) is 1. The fourth-order valence-electron chi connectivity index (χ4n) is 4.81. The SMILES string of the molecule is CCc1[nH]c2nc(Sc3cnc4cccnc4c3)nc(N3CCC(N)(C(=O)N[C@H]4CCOC4=O)C3)c2c1Cl. The number of halogens is 1. The molecule has 0 saturated carbocycles. The summed E-state index contributed by atoms with van der Waals surface area (Å²) in [4.78, 5) is 49.5. The average Bonchev–Trinajstić information content (AvgIpc) is 3.61. The van der Waals surface area contributed by atoms with Crippen LogP contribution in [0.5, 0.6) is 0 Å². The number of ether oxygens (including phenoxy) is 1. The third-order valence-corrected chi connectivity index (χ3v) is 8.15. The molecule has 4 aromatic rings. The van der Waals surface area contributed by atoms with Gasteiger partial charge < -0.3 is 25.7 Å². The largest absolute Gasteiger partial charge is 0.464 e. The number of aromatic nitrogens is 5. The number of pyridine rings is 2. The zero-order chi connectivity index (χ0) is 26.4. The highest BCUT2D eigenvalue weighted by atomic mass is 35.5. The smallest absolute Gasteiger partial charge is 0.328 e. The normalized spacial score (nSPS) is 21.4. The summed E-state index contributed by atoms with van der Waals surface area (Å²) in [6, 6.07) is 5.03. The lowest BCUT2D eigenvalue weighted by Gasteiger charge is -2.25. The molecule has 13 heteroatoms. The summed E-state index contributed by atoms with van der Waals surface area (Å²) in [6.45, 7) is 2.99. The maximum Gasteiger partial charge on any atom is 0.328 e. The highest BCUT2D eigenvalue weighted by Gasteiger charge is 2.44. The Morgan fingerprint density at radius 1 is 1.37 bits per heavy atom. The number of anilines is 1. The summed E-state index contributed by atoms with van der Waals surface area (Å²) in [6.07, 6.45) is 5.01. The fourth-order valence-corrected chi connectivity index (χ4v) is 5.92. The number of fused-ring (bicyclic) bond motifs is 2. The van der Waals surface area contributed by atoms with E-state index in [9.17, 15) is 9.59 Å². The highest BCUT2D eigenvalue weighted by Crippen LogP contribution is 2.38. The minimum absolute atomic E-state index is 0.210. The molecule has 2 atom stereocenters. The van der Waals surface area contributed by atoms with Crippen molar-refractivity contribution in [2.24, 2.45) is 5.73 Å². The van der Waals surface area contributed by atoms with E-state index in [0.717, 1.165) is 21.6 Å². The van der Waals surface area contributed by atoms with E-state index in [-0.39, 0.29) is 12.5 Å². The van der Waals surface area contributed by atoms with E-state index in [0.29, 0.717) is 59.4 Å². The monoisotopic (exact) mass is 552 g/mol. The average molecular weight is 553 g/mol. The zero-order valence-electron chi connectivity index (χ0n) is 20.5. The van der Waals surface area contributed by atoms with Gasteiger partial charge in [0.25, 0.3) is 0 Å². The highest BCUT2D eigenvalue weighted by molar-refractivity contribution is 7.99. The second-order valence-electron chi connectivity index (χ2n) is 9.45. The van der Waals surface area contributed by atoms with E-state index in [1.54, 1.807) is 12.4 Å². The molecule has 0 bridgehead atoms. The number of aryl methyl sites for hydroxylation is 1. The lowest BCUT2D eigenvalue weighted by molar-refractivity contribution is -0.142. The number of nitrogens with one attached hydrogen (secondary N) is 2. The molecule has 4 N–H and O–H groups in total. The molecule has 0 aromatic carbocycles. The first kappa shape index (κ1) is 24.8. The lowest BCUT2D eigenvalue weighted by atomic mass is 9.98. The maximum atomic E-state index is 13.1. The molecule has 11 nitrogen and oxygen atoms in total. The van der Waals surface area contributed by atoms with Gasteiger partial charge in [0.15, 0.2) is 5.16 Å². The molecule has 1 unspecified atom stereocenters. The maximum absolute atomic E-state index is 13.1. The van der Waals surface area contributed by atoms with E-state index in [4.69, 9.17) is 32.0 Å². The molecule has 2 aliphatic rings. The summed E-state index contributed by atoms with van der Waals surface area (Å²) >= 11 is 8.12. The van der Waals surface area contributed by atoms with Gasteiger partial charge in [0.1, 0.15) is 23.0 Å². The van der Waals surface area contributed by atoms with E-state index >= 15 is 0 Å². The van der Waals surface area contributed by atoms with Crippen LogP contribution in [0, 0.1) is 0 Å². The minimum atomic E-state index is -1.20. The Hall–Kier alpha value is -3.48. The molecule has 0 aliphatic carbocycles. The predicted molar refractivity (Wildman–Crippen MR) is 143 cm³/mol. The van der Waals surface area contributed by atoms with Crippen LogP contribution in [0.25, 0.3) is 22.1 Å². The number of esters is 1. The first-order chi connectivity index (χ1) is 18.3. The van der Waals surface area contributed by atoms with E-state index in [1.807, 2.05) is 30.0 Å². The molecule has 0 spiro atoms. The van der Waals surface area contributed by atoms with Gasteiger partial charge in [-0.15, -0.1) is 0 Å². The number of nitrogens with zero attached hydrogens (tertiary/aromatic N) is 5. The molecular formula is C25H25ClN8O3S. The number of carbonyl (C=O) groups is 2. The molecular weight excluding hydrogens is 528 g/mol. The van der Waals surface area contributed by atoms with Crippen molar-refractivity contribution in [3.63, 3.8) is 0 Å². The number of hydrogen-bond donors (Lipinski definition) is 3. The molecule has 2 aliphatic heterocycles. The van der Waals surface area contributed by atoms with Crippen molar-refractivity contribution >= 4 is 63.1 Å². The van der Waals surface area contributed by atoms with Crippen molar-refractivity contribution in [1.82, 2.24) is 30.2 Å². The van der Waals surface area contributed by atoms with Crippen LogP contribution in [0.15, 0.2) is 40.6 Å². The van der Waals surface area contributed by atoms with Crippen molar-refractivity contribution in [3.8, 4) is 0 Å². The molecule has 6 heterocycles. The predicted octanol–water partition coefficient (Wildman–Crippen LogP) is 2.61. The van der Waals surface area contributed by atoms with Crippen LogP contribution in [0.4, 0.5) is 5.82 Å². The van der Waals surface area contributed by atoms with E-state index in [1.165, 1.54) is 11.8 Å². The summed E-state index contributed by atoms with van der Waals surface area (Å²) in [7, 11) is 0. The Morgan fingerprint density at radius 2 is 2.24 bits per heavy atom. The number of amides is 1. The van der Waals surface area contributed by atoms with Crippen LogP contribution in [-0.4, -0.2) is 68.1 Å². The Balaban J connectivity index is 1.33.